The Labute approximate surface area is 140 Å². The van der Waals surface area contributed by atoms with Crippen LogP contribution < -0.4 is 9.47 Å². The second-order valence-electron chi connectivity index (χ2n) is 5.27. The van der Waals surface area contributed by atoms with E-state index in [0.29, 0.717) is 24.6 Å². The first-order chi connectivity index (χ1) is 11.0. The first-order valence-electron chi connectivity index (χ1n) is 7.39. The van der Waals surface area contributed by atoms with Gasteiger partial charge >= 0.3 is 5.97 Å². The Hall–Kier alpha value is -1.95. The molecular formula is C16H20ClNO5. The lowest BCUT2D eigenvalue weighted by Gasteiger charge is -2.20. The molecule has 1 atom stereocenters. The molecule has 1 aromatic carbocycles. The molecule has 0 N–H and O–H groups in total. The van der Waals surface area contributed by atoms with Crippen molar-refractivity contribution in [3.05, 3.63) is 22.7 Å². The molecule has 0 bridgehead atoms. The average Bonchev–Trinajstić information content (AvgIpc) is 3.07. The van der Waals surface area contributed by atoms with Gasteiger partial charge in [-0.1, -0.05) is 11.6 Å². The fourth-order valence-corrected chi connectivity index (χ4v) is 2.80. The molecule has 23 heavy (non-hydrogen) atoms. The number of rotatable bonds is 5. The van der Waals surface area contributed by atoms with Crippen LogP contribution in [-0.4, -0.2) is 50.2 Å². The molecule has 1 aromatic rings. The zero-order chi connectivity index (χ0) is 17.0. The standard InChI is InChI=1S/C16H20ClNO5/c1-10(15(19)18-6-4-5-7-18)23-16(20)11-8-12(17)14(22-3)13(9-11)21-2/h8-10H,4-7H2,1-3H3/t10-/m1/s1. The molecule has 0 aliphatic carbocycles. The molecular weight excluding hydrogens is 322 g/mol. The van der Waals surface area contributed by atoms with E-state index < -0.39 is 12.1 Å². The van der Waals surface area contributed by atoms with E-state index in [9.17, 15) is 9.59 Å². The van der Waals surface area contributed by atoms with Crippen LogP contribution in [0.5, 0.6) is 11.5 Å². The number of amides is 1. The molecule has 0 unspecified atom stereocenters. The van der Waals surface area contributed by atoms with Crippen molar-refractivity contribution in [3.8, 4) is 11.5 Å². The van der Waals surface area contributed by atoms with Gasteiger partial charge in [0, 0.05) is 13.1 Å². The van der Waals surface area contributed by atoms with Gasteiger partial charge in [-0.25, -0.2) is 4.79 Å². The molecule has 7 heteroatoms. The zero-order valence-electron chi connectivity index (χ0n) is 13.4. The number of ether oxygens (including phenoxy) is 3. The Bertz CT molecular complexity index is 598. The van der Waals surface area contributed by atoms with Crippen molar-refractivity contribution < 1.29 is 23.8 Å². The Morgan fingerprint density at radius 2 is 1.83 bits per heavy atom. The minimum Gasteiger partial charge on any atom is -0.493 e. The largest absolute Gasteiger partial charge is 0.493 e. The Morgan fingerprint density at radius 3 is 2.39 bits per heavy atom. The van der Waals surface area contributed by atoms with Gasteiger partial charge in [0.2, 0.25) is 0 Å². The molecule has 0 saturated carbocycles. The van der Waals surface area contributed by atoms with Crippen molar-refractivity contribution >= 4 is 23.5 Å². The maximum absolute atomic E-state index is 12.2. The number of benzene rings is 1. The van der Waals surface area contributed by atoms with E-state index in [1.165, 1.54) is 26.4 Å². The Morgan fingerprint density at radius 1 is 1.17 bits per heavy atom. The lowest BCUT2D eigenvalue weighted by Crippen LogP contribution is -2.38. The van der Waals surface area contributed by atoms with Gasteiger partial charge in [-0.3, -0.25) is 4.79 Å². The predicted octanol–water partition coefficient (Wildman–Crippen LogP) is 2.52. The van der Waals surface area contributed by atoms with Crippen LogP contribution in [0.1, 0.15) is 30.1 Å². The van der Waals surface area contributed by atoms with Gasteiger partial charge in [-0.05, 0) is 31.9 Å². The van der Waals surface area contributed by atoms with E-state index in [4.69, 9.17) is 25.8 Å². The van der Waals surface area contributed by atoms with E-state index >= 15 is 0 Å². The molecule has 0 spiro atoms. The maximum atomic E-state index is 12.2. The van der Waals surface area contributed by atoms with E-state index in [1.807, 2.05) is 0 Å². The second kappa shape index (κ2) is 7.55. The molecule has 1 aliphatic heterocycles. The first kappa shape index (κ1) is 17.4. The van der Waals surface area contributed by atoms with Crippen LogP contribution in [0.4, 0.5) is 0 Å². The third-order valence-electron chi connectivity index (χ3n) is 3.72. The SMILES string of the molecule is COc1cc(C(=O)O[C@H](C)C(=O)N2CCCC2)cc(Cl)c1OC. The maximum Gasteiger partial charge on any atom is 0.339 e. The molecule has 0 aromatic heterocycles. The molecule has 2 rings (SSSR count). The molecule has 1 fully saturated rings. The van der Waals surface area contributed by atoms with E-state index in [2.05, 4.69) is 0 Å². The van der Waals surface area contributed by atoms with Crippen molar-refractivity contribution in [1.29, 1.82) is 0 Å². The monoisotopic (exact) mass is 341 g/mol. The molecule has 1 amide bonds. The minimum absolute atomic E-state index is 0.178. The van der Waals surface area contributed by atoms with Crippen molar-refractivity contribution in [3.63, 3.8) is 0 Å². The summed E-state index contributed by atoms with van der Waals surface area (Å²) in [5.74, 6) is -0.146. The number of nitrogens with zero attached hydrogens (tertiary/aromatic N) is 1. The van der Waals surface area contributed by atoms with Crippen LogP contribution in [0.15, 0.2) is 12.1 Å². The highest BCUT2D eigenvalue weighted by molar-refractivity contribution is 6.32. The van der Waals surface area contributed by atoms with Gasteiger partial charge < -0.3 is 19.1 Å². The summed E-state index contributed by atoms with van der Waals surface area (Å²) < 4.78 is 15.5. The summed E-state index contributed by atoms with van der Waals surface area (Å²) in [7, 11) is 2.90. The summed E-state index contributed by atoms with van der Waals surface area (Å²) in [5, 5.41) is 0.234. The number of halogens is 1. The fourth-order valence-electron chi connectivity index (χ4n) is 2.51. The first-order valence-corrected chi connectivity index (χ1v) is 7.77. The van der Waals surface area contributed by atoms with Crippen molar-refractivity contribution in [2.75, 3.05) is 27.3 Å². The fraction of sp³-hybridized carbons (Fsp3) is 0.500. The second-order valence-corrected chi connectivity index (χ2v) is 5.68. The zero-order valence-corrected chi connectivity index (χ0v) is 14.2. The summed E-state index contributed by atoms with van der Waals surface area (Å²) in [5.41, 5.74) is 0.203. The number of esters is 1. The summed E-state index contributed by atoms with van der Waals surface area (Å²) in [6.45, 7) is 2.99. The van der Waals surface area contributed by atoms with Crippen molar-refractivity contribution in [2.24, 2.45) is 0 Å². The van der Waals surface area contributed by atoms with Crippen LogP contribution in [0.25, 0.3) is 0 Å². The Balaban J connectivity index is 2.11. The predicted molar refractivity (Wildman–Crippen MR) is 85.2 cm³/mol. The van der Waals surface area contributed by atoms with Gasteiger partial charge in [-0.15, -0.1) is 0 Å². The van der Waals surface area contributed by atoms with Gasteiger partial charge in [-0.2, -0.15) is 0 Å². The number of carbonyl (C=O) groups excluding carboxylic acids is 2. The topological polar surface area (TPSA) is 65.1 Å². The Kier molecular flexibility index (Phi) is 5.71. The van der Waals surface area contributed by atoms with Crippen molar-refractivity contribution in [2.45, 2.75) is 25.9 Å². The van der Waals surface area contributed by atoms with E-state index in [-0.39, 0.29) is 16.5 Å². The highest BCUT2D eigenvalue weighted by Crippen LogP contribution is 2.36. The van der Waals surface area contributed by atoms with Gasteiger partial charge in [0.15, 0.2) is 17.6 Å². The average molecular weight is 342 g/mol. The molecule has 1 saturated heterocycles. The number of hydrogen-bond donors (Lipinski definition) is 0. The number of likely N-dealkylation sites (tertiary alicyclic amines) is 1. The van der Waals surface area contributed by atoms with Crippen LogP contribution in [-0.2, 0) is 9.53 Å². The number of methoxy groups -OCH3 is 2. The summed E-state index contributed by atoms with van der Waals surface area (Å²) in [4.78, 5) is 26.1. The van der Waals surface area contributed by atoms with E-state index in [0.717, 1.165) is 12.8 Å². The third kappa shape index (κ3) is 3.88. The van der Waals surface area contributed by atoms with Crippen LogP contribution in [0, 0.1) is 0 Å². The van der Waals surface area contributed by atoms with Crippen molar-refractivity contribution in [1.82, 2.24) is 4.90 Å². The van der Waals surface area contributed by atoms with Gasteiger partial charge in [0.25, 0.3) is 5.91 Å². The number of carbonyl (C=O) groups is 2. The van der Waals surface area contributed by atoms with E-state index in [1.54, 1.807) is 11.8 Å². The summed E-state index contributed by atoms with van der Waals surface area (Å²) in [6, 6.07) is 2.90. The molecule has 1 aliphatic rings. The van der Waals surface area contributed by atoms with Crippen LogP contribution in [0.3, 0.4) is 0 Å². The molecule has 1 heterocycles. The van der Waals surface area contributed by atoms with Gasteiger partial charge in [0.1, 0.15) is 0 Å². The highest BCUT2D eigenvalue weighted by atomic mass is 35.5. The summed E-state index contributed by atoms with van der Waals surface area (Å²) in [6.07, 6.45) is 1.13. The quantitative estimate of drug-likeness (QED) is 0.770. The lowest BCUT2D eigenvalue weighted by atomic mass is 10.2. The number of hydrogen-bond acceptors (Lipinski definition) is 5. The minimum atomic E-state index is -0.840. The molecule has 0 radical (unpaired) electrons. The third-order valence-corrected chi connectivity index (χ3v) is 4.00. The van der Waals surface area contributed by atoms with Crippen LogP contribution >= 0.6 is 11.6 Å². The summed E-state index contributed by atoms with van der Waals surface area (Å²) >= 11 is 6.07. The smallest absolute Gasteiger partial charge is 0.339 e. The molecule has 126 valence electrons. The highest BCUT2D eigenvalue weighted by Gasteiger charge is 2.27. The molecule has 6 nitrogen and oxygen atoms in total. The van der Waals surface area contributed by atoms with Gasteiger partial charge in [0.05, 0.1) is 24.8 Å². The van der Waals surface area contributed by atoms with Crippen LogP contribution in [0.2, 0.25) is 5.02 Å². The normalized spacial score (nSPS) is 15.2. The lowest BCUT2D eigenvalue weighted by molar-refractivity contribution is -0.138.